The molecule has 0 bridgehead atoms. The van der Waals surface area contributed by atoms with Crippen molar-refractivity contribution in [1.29, 1.82) is 0 Å². The molecule has 1 unspecified atom stereocenters. The molecule has 2 heterocycles. The van der Waals surface area contributed by atoms with Gasteiger partial charge in [-0.2, -0.15) is 0 Å². The lowest BCUT2D eigenvalue weighted by Gasteiger charge is -2.34. The predicted octanol–water partition coefficient (Wildman–Crippen LogP) is 1.47. The van der Waals surface area contributed by atoms with Crippen molar-refractivity contribution in [3.05, 3.63) is 28.5 Å². The topological polar surface area (TPSA) is 62.3 Å². The summed E-state index contributed by atoms with van der Waals surface area (Å²) in [4.78, 5) is 29.7. The van der Waals surface area contributed by atoms with Crippen LogP contribution in [0.4, 0.5) is 0 Å². The maximum Gasteiger partial charge on any atom is 0.243 e. The monoisotopic (exact) mass is 325 g/mol. The van der Waals surface area contributed by atoms with Crippen LogP contribution in [0.5, 0.6) is 0 Å². The molecule has 2 amide bonds. The van der Waals surface area contributed by atoms with Crippen LogP contribution in [-0.4, -0.2) is 34.3 Å². The fourth-order valence-electron chi connectivity index (χ4n) is 2.13. The zero-order valence-corrected chi connectivity index (χ0v) is 12.3. The molecule has 1 aliphatic rings. The Kier molecular flexibility index (Phi) is 4.52. The van der Waals surface area contributed by atoms with E-state index >= 15 is 0 Å². The summed E-state index contributed by atoms with van der Waals surface area (Å²) in [7, 11) is 0. The van der Waals surface area contributed by atoms with Gasteiger partial charge in [0.1, 0.15) is 6.04 Å². The van der Waals surface area contributed by atoms with Gasteiger partial charge in [-0.3, -0.25) is 14.6 Å². The van der Waals surface area contributed by atoms with E-state index in [4.69, 9.17) is 0 Å². The first-order chi connectivity index (χ1) is 9.11. The van der Waals surface area contributed by atoms with Gasteiger partial charge in [-0.25, -0.2) is 0 Å². The number of hydrogen-bond donors (Lipinski definition) is 1. The van der Waals surface area contributed by atoms with Crippen LogP contribution in [0.25, 0.3) is 0 Å². The molecule has 1 aliphatic heterocycles. The van der Waals surface area contributed by atoms with Crippen molar-refractivity contribution in [2.45, 2.75) is 32.4 Å². The second kappa shape index (κ2) is 6.14. The molecule has 0 saturated carbocycles. The summed E-state index contributed by atoms with van der Waals surface area (Å²) in [6.45, 7) is 2.46. The Hall–Kier alpha value is -1.43. The molecule has 0 radical (unpaired) electrons. The molecule has 0 spiro atoms. The minimum Gasteiger partial charge on any atom is -0.345 e. The third kappa shape index (κ3) is 3.32. The van der Waals surface area contributed by atoms with Gasteiger partial charge in [-0.05, 0) is 34.5 Å². The van der Waals surface area contributed by atoms with E-state index < -0.39 is 0 Å². The normalized spacial score (nSPS) is 19.5. The fourth-order valence-corrected chi connectivity index (χ4v) is 2.37. The molecule has 6 heteroatoms. The molecule has 1 saturated heterocycles. The van der Waals surface area contributed by atoms with Gasteiger partial charge in [0.05, 0.1) is 18.8 Å². The highest BCUT2D eigenvalue weighted by Crippen LogP contribution is 2.16. The Labute approximate surface area is 120 Å². The number of piperazine rings is 1. The van der Waals surface area contributed by atoms with Crippen molar-refractivity contribution in [3.8, 4) is 0 Å². The first kappa shape index (κ1) is 14.0. The van der Waals surface area contributed by atoms with Crippen LogP contribution in [0.1, 0.15) is 25.5 Å². The smallest absolute Gasteiger partial charge is 0.243 e. The molecule has 2 rings (SSSR count). The van der Waals surface area contributed by atoms with Crippen LogP contribution in [0.3, 0.4) is 0 Å². The van der Waals surface area contributed by atoms with Gasteiger partial charge in [-0.15, -0.1) is 0 Å². The molecule has 1 aromatic rings. The summed E-state index contributed by atoms with van der Waals surface area (Å²) >= 11 is 3.32. The third-order valence-electron chi connectivity index (χ3n) is 3.10. The summed E-state index contributed by atoms with van der Waals surface area (Å²) in [5, 5.41) is 2.63. The van der Waals surface area contributed by atoms with Gasteiger partial charge >= 0.3 is 0 Å². The summed E-state index contributed by atoms with van der Waals surface area (Å²) in [6.07, 6.45) is 3.22. The number of carbonyl (C=O) groups is 2. The van der Waals surface area contributed by atoms with Gasteiger partial charge in [0.15, 0.2) is 0 Å². The van der Waals surface area contributed by atoms with E-state index in [0.29, 0.717) is 13.0 Å². The number of hydrogen-bond acceptors (Lipinski definition) is 3. The second-order valence-corrected chi connectivity index (χ2v) is 5.43. The Morgan fingerprint density at radius 3 is 2.89 bits per heavy atom. The van der Waals surface area contributed by atoms with Crippen LogP contribution >= 0.6 is 15.9 Å². The van der Waals surface area contributed by atoms with Gasteiger partial charge in [0.2, 0.25) is 11.8 Å². The molecular formula is C13H16BrN3O2. The highest BCUT2D eigenvalue weighted by Gasteiger charge is 2.33. The maximum absolute atomic E-state index is 12.0. The van der Waals surface area contributed by atoms with Gasteiger partial charge < -0.3 is 10.2 Å². The van der Waals surface area contributed by atoms with Crippen molar-refractivity contribution in [1.82, 2.24) is 15.2 Å². The number of amides is 2. The number of aromatic nitrogens is 1. The molecule has 1 fully saturated rings. The van der Waals surface area contributed by atoms with Gasteiger partial charge in [-0.1, -0.05) is 13.3 Å². The Morgan fingerprint density at radius 1 is 1.47 bits per heavy atom. The first-order valence-corrected chi connectivity index (χ1v) is 7.08. The Morgan fingerprint density at radius 2 is 2.26 bits per heavy atom. The van der Waals surface area contributed by atoms with Crippen LogP contribution in [0.15, 0.2) is 22.8 Å². The van der Waals surface area contributed by atoms with Crippen molar-refractivity contribution in [3.63, 3.8) is 0 Å². The summed E-state index contributed by atoms with van der Waals surface area (Å²) in [6, 6.07) is 3.36. The van der Waals surface area contributed by atoms with Gasteiger partial charge in [0.25, 0.3) is 0 Å². The maximum atomic E-state index is 12.0. The van der Waals surface area contributed by atoms with Crippen LogP contribution < -0.4 is 5.32 Å². The molecule has 5 nitrogen and oxygen atoms in total. The lowest BCUT2D eigenvalue weighted by atomic mass is 10.1. The van der Waals surface area contributed by atoms with Crippen LogP contribution in [0, 0.1) is 0 Å². The van der Waals surface area contributed by atoms with E-state index in [1.54, 1.807) is 11.1 Å². The quantitative estimate of drug-likeness (QED) is 0.911. The van der Waals surface area contributed by atoms with E-state index in [0.717, 1.165) is 16.6 Å². The molecule has 1 N–H and O–H groups in total. The molecule has 102 valence electrons. The van der Waals surface area contributed by atoms with Crippen LogP contribution in [-0.2, 0) is 16.1 Å². The molecule has 19 heavy (non-hydrogen) atoms. The van der Waals surface area contributed by atoms with E-state index in [1.807, 2.05) is 19.1 Å². The SMILES string of the molecule is CCCC1C(=O)NCC(=O)N1Cc1ccc(Br)cn1. The van der Waals surface area contributed by atoms with Crippen molar-refractivity contribution < 1.29 is 9.59 Å². The lowest BCUT2D eigenvalue weighted by Crippen LogP contribution is -2.57. The van der Waals surface area contributed by atoms with E-state index in [9.17, 15) is 9.59 Å². The summed E-state index contributed by atoms with van der Waals surface area (Å²) < 4.78 is 0.893. The van der Waals surface area contributed by atoms with Crippen LogP contribution in [0.2, 0.25) is 0 Å². The fraction of sp³-hybridized carbons (Fsp3) is 0.462. The van der Waals surface area contributed by atoms with E-state index in [-0.39, 0.29) is 24.4 Å². The Balaban J connectivity index is 2.16. The molecular weight excluding hydrogens is 310 g/mol. The zero-order chi connectivity index (χ0) is 13.8. The second-order valence-electron chi connectivity index (χ2n) is 4.51. The molecule has 1 atom stereocenters. The van der Waals surface area contributed by atoms with E-state index in [2.05, 4.69) is 26.2 Å². The Bertz CT molecular complexity index is 475. The average Bonchev–Trinajstić information content (AvgIpc) is 2.40. The minimum atomic E-state index is -0.378. The number of halogens is 1. The zero-order valence-electron chi connectivity index (χ0n) is 10.7. The number of nitrogens with zero attached hydrogens (tertiary/aromatic N) is 2. The molecule has 0 aliphatic carbocycles. The number of rotatable bonds is 4. The first-order valence-electron chi connectivity index (χ1n) is 6.29. The number of pyridine rings is 1. The average molecular weight is 326 g/mol. The molecule has 0 aromatic carbocycles. The van der Waals surface area contributed by atoms with Gasteiger partial charge in [0, 0.05) is 10.7 Å². The molecule has 1 aromatic heterocycles. The van der Waals surface area contributed by atoms with E-state index in [1.165, 1.54) is 0 Å². The van der Waals surface area contributed by atoms with Crippen molar-refractivity contribution in [2.24, 2.45) is 0 Å². The third-order valence-corrected chi connectivity index (χ3v) is 3.57. The van der Waals surface area contributed by atoms with Crippen molar-refractivity contribution in [2.75, 3.05) is 6.54 Å². The lowest BCUT2D eigenvalue weighted by molar-refractivity contribution is -0.146. The summed E-state index contributed by atoms with van der Waals surface area (Å²) in [5.74, 6) is -0.124. The standard InChI is InChI=1S/C13H16BrN3O2/c1-2-3-11-13(19)16-7-12(18)17(11)8-10-5-4-9(14)6-15-10/h4-6,11H,2-3,7-8H2,1H3,(H,16,19). The predicted molar refractivity (Wildman–Crippen MR) is 74.2 cm³/mol. The highest BCUT2D eigenvalue weighted by atomic mass is 79.9. The minimum absolute atomic E-state index is 0.0530. The number of carbonyl (C=O) groups excluding carboxylic acids is 2. The summed E-state index contributed by atoms with van der Waals surface area (Å²) in [5.41, 5.74) is 0.785. The largest absolute Gasteiger partial charge is 0.345 e. The number of nitrogens with one attached hydrogen (secondary N) is 1. The highest BCUT2D eigenvalue weighted by molar-refractivity contribution is 9.10. The van der Waals surface area contributed by atoms with Crippen molar-refractivity contribution >= 4 is 27.7 Å².